The number of carboxylic acids is 2. The number of carboxylic acid groups (broad SMARTS) is 2. The molecule has 0 aliphatic heterocycles. The lowest BCUT2D eigenvalue weighted by molar-refractivity contribution is -0.139. The van der Waals surface area contributed by atoms with Crippen molar-refractivity contribution in [3.63, 3.8) is 0 Å². The van der Waals surface area contributed by atoms with E-state index in [2.05, 4.69) is 10.6 Å². The zero-order valence-electron chi connectivity index (χ0n) is 20.5. The fraction of sp³-hybridized carbons (Fsp3) is 0.172. The highest BCUT2D eigenvalue weighted by molar-refractivity contribution is 6.40. The molecule has 0 spiro atoms. The second-order valence-electron chi connectivity index (χ2n) is 9.01. The van der Waals surface area contributed by atoms with Crippen LogP contribution in [-0.2, 0) is 22.4 Å². The van der Waals surface area contributed by atoms with Crippen molar-refractivity contribution in [2.24, 2.45) is 0 Å². The Labute approximate surface area is 234 Å². The quantitative estimate of drug-likeness (QED) is 0.267. The molecular weight excluding hydrogens is 543 g/mol. The zero-order chi connectivity index (χ0) is 28.1. The van der Waals surface area contributed by atoms with Crippen LogP contribution in [0.2, 0.25) is 10.0 Å². The molecule has 8 nitrogen and oxygen atoms in total. The predicted octanol–water partition coefficient (Wildman–Crippen LogP) is 5.48. The van der Waals surface area contributed by atoms with Gasteiger partial charge >= 0.3 is 11.9 Å². The van der Waals surface area contributed by atoms with Gasteiger partial charge in [0.2, 0.25) is 0 Å². The second-order valence-corrected chi connectivity index (χ2v) is 9.82. The van der Waals surface area contributed by atoms with Crippen LogP contribution in [0, 0.1) is 0 Å². The van der Waals surface area contributed by atoms with Crippen LogP contribution in [0.1, 0.15) is 50.2 Å². The molecule has 0 saturated heterocycles. The molecule has 3 aromatic rings. The third kappa shape index (κ3) is 6.66. The minimum Gasteiger partial charge on any atom is -0.480 e. The third-order valence-corrected chi connectivity index (χ3v) is 7.01. The van der Waals surface area contributed by atoms with Gasteiger partial charge in [-0.05, 0) is 71.9 Å². The van der Waals surface area contributed by atoms with Gasteiger partial charge in [-0.1, -0.05) is 53.5 Å². The zero-order valence-corrected chi connectivity index (χ0v) is 22.1. The Bertz CT molecular complexity index is 1460. The molecule has 1 aliphatic rings. The SMILES string of the molecule is O=C(O)C=C1CCCc2c(C(=O)N[C@@H](Cc3ccc(NC(=O)c4c(Cl)cccc4Cl)cc3)C(=O)O)cccc21. The summed E-state index contributed by atoms with van der Waals surface area (Å²) in [7, 11) is 0. The lowest BCUT2D eigenvalue weighted by Crippen LogP contribution is -2.42. The minimum atomic E-state index is -1.21. The molecule has 0 aromatic heterocycles. The number of anilines is 1. The first kappa shape index (κ1) is 27.9. The Kier molecular flexibility index (Phi) is 8.69. The Balaban J connectivity index is 1.47. The molecule has 10 heteroatoms. The number of aliphatic carboxylic acids is 2. The summed E-state index contributed by atoms with van der Waals surface area (Å²) < 4.78 is 0. The highest BCUT2D eigenvalue weighted by Crippen LogP contribution is 2.33. The Morgan fingerprint density at radius 1 is 0.872 bits per heavy atom. The van der Waals surface area contributed by atoms with Crippen molar-refractivity contribution < 1.29 is 29.4 Å². The van der Waals surface area contributed by atoms with E-state index in [-0.39, 0.29) is 22.0 Å². The standard InChI is InChI=1S/C29H24Cl2N2O6/c30-22-8-3-9-23(31)26(22)28(37)32-18-12-10-16(11-13-18)14-24(29(38)39)33-27(36)21-7-2-5-19-17(15-25(34)35)4-1-6-20(19)21/h2-3,5,7-13,15,24H,1,4,6,14H2,(H,32,37)(H,33,36)(H,34,35)(H,38,39)/t24-/m0/s1. The van der Waals surface area contributed by atoms with Gasteiger partial charge in [-0.2, -0.15) is 0 Å². The van der Waals surface area contributed by atoms with Crippen molar-refractivity contribution >= 4 is 58.2 Å². The van der Waals surface area contributed by atoms with Gasteiger partial charge in [-0.25, -0.2) is 9.59 Å². The Hall–Kier alpha value is -4.14. The fourth-order valence-electron chi connectivity index (χ4n) is 4.56. The normalized spacial score (nSPS) is 14.3. The van der Waals surface area contributed by atoms with E-state index < -0.39 is 29.8 Å². The smallest absolute Gasteiger partial charge is 0.328 e. The van der Waals surface area contributed by atoms with Crippen LogP contribution < -0.4 is 10.6 Å². The molecule has 0 bridgehead atoms. The van der Waals surface area contributed by atoms with Crippen molar-refractivity contribution in [1.82, 2.24) is 5.32 Å². The number of carbonyl (C=O) groups is 4. The van der Waals surface area contributed by atoms with Gasteiger partial charge in [-0.3, -0.25) is 9.59 Å². The molecule has 0 unspecified atom stereocenters. The molecule has 2 amide bonds. The van der Waals surface area contributed by atoms with Crippen LogP contribution in [0.5, 0.6) is 0 Å². The summed E-state index contributed by atoms with van der Waals surface area (Å²) in [5, 5.41) is 24.7. The van der Waals surface area contributed by atoms with Gasteiger partial charge in [0.15, 0.2) is 0 Å². The number of hydrogen-bond acceptors (Lipinski definition) is 4. The molecule has 0 saturated carbocycles. The van der Waals surface area contributed by atoms with E-state index in [9.17, 15) is 29.4 Å². The molecule has 4 rings (SSSR count). The highest BCUT2D eigenvalue weighted by atomic mass is 35.5. The van der Waals surface area contributed by atoms with Gasteiger partial charge in [0.25, 0.3) is 11.8 Å². The monoisotopic (exact) mass is 566 g/mol. The van der Waals surface area contributed by atoms with Gasteiger partial charge < -0.3 is 20.8 Å². The van der Waals surface area contributed by atoms with E-state index >= 15 is 0 Å². The summed E-state index contributed by atoms with van der Waals surface area (Å²) in [6.45, 7) is 0. The molecule has 3 aromatic carbocycles. The minimum absolute atomic E-state index is 0.00479. The summed E-state index contributed by atoms with van der Waals surface area (Å²) in [6, 6.07) is 15.1. The van der Waals surface area contributed by atoms with Crippen LogP contribution in [0.25, 0.3) is 5.57 Å². The van der Waals surface area contributed by atoms with Gasteiger partial charge in [-0.15, -0.1) is 0 Å². The van der Waals surface area contributed by atoms with Crippen LogP contribution in [0.4, 0.5) is 5.69 Å². The Morgan fingerprint density at radius 3 is 2.18 bits per heavy atom. The Morgan fingerprint density at radius 2 is 1.54 bits per heavy atom. The van der Waals surface area contributed by atoms with E-state index in [1.807, 2.05) is 0 Å². The number of halogens is 2. The number of nitrogens with one attached hydrogen (secondary N) is 2. The molecule has 1 atom stereocenters. The summed E-state index contributed by atoms with van der Waals surface area (Å²) in [6.07, 6.45) is 3.01. The number of benzene rings is 3. The largest absolute Gasteiger partial charge is 0.480 e. The lowest BCUT2D eigenvalue weighted by atomic mass is 9.84. The average Bonchev–Trinajstić information content (AvgIpc) is 2.88. The maximum absolute atomic E-state index is 13.1. The molecule has 4 N–H and O–H groups in total. The summed E-state index contributed by atoms with van der Waals surface area (Å²) in [4.78, 5) is 48.9. The molecule has 0 fully saturated rings. The summed E-state index contributed by atoms with van der Waals surface area (Å²) in [5.41, 5.74) is 3.58. The first-order valence-electron chi connectivity index (χ1n) is 12.1. The number of hydrogen-bond donors (Lipinski definition) is 4. The van der Waals surface area contributed by atoms with Crippen LogP contribution in [0.3, 0.4) is 0 Å². The number of carbonyl (C=O) groups excluding carboxylic acids is 2. The predicted molar refractivity (Wildman–Crippen MR) is 148 cm³/mol. The molecule has 1 aliphatic carbocycles. The van der Waals surface area contributed by atoms with E-state index in [4.69, 9.17) is 23.2 Å². The van der Waals surface area contributed by atoms with Crippen molar-refractivity contribution in [2.45, 2.75) is 31.7 Å². The van der Waals surface area contributed by atoms with Gasteiger partial charge in [0.05, 0.1) is 15.6 Å². The lowest BCUT2D eigenvalue weighted by Gasteiger charge is -2.22. The van der Waals surface area contributed by atoms with Crippen LogP contribution in [0.15, 0.2) is 66.7 Å². The number of amides is 2. The van der Waals surface area contributed by atoms with E-state index in [1.165, 1.54) is 0 Å². The average molecular weight is 567 g/mol. The van der Waals surface area contributed by atoms with E-state index in [1.54, 1.807) is 60.7 Å². The summed E-state index contributed by atoms with van der Waals surface area (Å²) >= 11 is 12.2. The first-order chi connectivity index (χ1) is 18.6. The van der Waals surface area contributed by atoms with Crippen molar-refractivity contribution in [1.29, 1.82) is 0 Å². The topological polar surface area (TPSA) is 133 Å². The number of fused-ring (bicyclic) bond motifs is 1. The molecule has 0 radical (unpaired) electrons. The maximum atomic E-state index is 13.1. The maximum Gasteiger partial charge on any atom is 0.328 e. The second kappa shape index (κ2) is 12.1. The fourth-order valence-corrected chi connectivity index (χ4v) is 5.13. The van der Waals surface area contributed by atoms with Gasteiger partial charge in [0.1, 0.15) is 6.04 Å². The van der Waals surface area contributed by atoms with Crippen molar-refractivity contribution in [2.75, 3.05) is 5.32 Å². The van der Waals surface area contributed by atoms with Crippen LogP contribution >= 0.6 is 23.2 Å². The molecular formula is C29H24Cl2N2O6. The molecule has 0 heterocycles. The molecule has 200 valence electrons. The van der Waals surface area contributed by atoms with E-state index in [0.717, 1.165) is 6.08 Å². The number of allylic oxidation sites excluding steroid dienone is 1. The third-order valence-electron chi connectivity index (χ3n) is 6.38. The number of rotatable bonds is 8. The highest BCUT2D eigenvalue weighted by Gasteiger charge is 2.25. The van der Waals surface area contributed by atoms with E-state index in [0.29, 0.717) is 52.8 Å². The first-order valence-corrected chi connectivity index (χ1v) is 12.8. The summed E-state index contributed by atoms with van der Waals surface area (Å²) in [5.74, 6) is -3.29. The molecule has 39 heavy (non-hydrogen) atoms. The van der Waals surface area contributed by atoms with Crippen molar-refractivity contribution in [3.8, 4) is 0 Å². The van der Waals surface area contributed by atoms with Gasteiger partial charge in [0, 0.05) is 23.7 Å². The van der Waals surface area contributed by atoms with Crippen molar-refractivity contribution in [3.05, 3.63) is 105 Å². The van der Waals surface area contributed by atoms with Crippen LogP contribution in [-0.4, -0.2) is 40.0 Å².